The van der Waals surface area contributed by atoms with Gasteiger partial charge >= 0.3 is 0 Å². The second-order valence-electron chi connectivity index (χ2n) is 5.91. The minimum absolute atomic E-state index is 0.393. The molecule has 3 rings (SSSR count). The largest absolute Gasteiger partial charge is 0.309 e. The van der Waals surface area contributed by atoms with E-state index in [9.17, 15) is 0 Å². The van der Waals surface area contributed by atoms with Gasteiger partial charge < -0.3 is 5.32 Å². The average Bonchev–Trinajstić information content (AvgIpc) is 3.19. The second kappa shape index (κ2) is 7.23. The van der Waals surface area contributed by atoms with Gasteiger partial charge in [0, 0.05) is 23.5 Å². The predicted octanol–water partition coefficient (Wildman–Crippen LogP) is 4.34. The molecule has 1 unspecified atom stereocenters. The molecule has 0 saturated heterocycles. The fourth-order valence-corrected chi connectivity index (χ4v) is 4.06. The number of hydrogen-bond acceptors (Lipinski definition) is 3. The highest BCUT2D eigenvalue weighted by molar-refractivity contribution is 7.10. The lowest BCUT2D eigenvalue weighted by atomic mass is 9.96. The fourth-order valence-electron chi connectivity index (χ4n) is 3.25. The van der Waals surface area contributed by atoms with Crippen LogP contribution in [0.25, 0.3) is 0 Å². The van der Waals surface area contributed by atoms with E-state index in [0.717, 1.165) is 13.0 Å². The maximum absolute atomic E-state index is 4.85. The van der Waals surface area contributed by atoms with Crippen molar-refractivity contribution in [1.82, 2.24) is 15.1 Å². The van der Waals surface area contributed by atoms with Gasteiger partial charge in [0.05, 0.1) is 11.7 Å². The average molecular weight is 303 g/mol. The van der Waals surface area contributed by atoms with Gasteiger partial charge in [0.15, 0.2) is 0 Å². The zero-order valence-corrected chi connectivity index (χ0v) is 13.6. The Kier molecular flexibility index (Phi) is 5.09. The number of aromatic nitrogens is 2. The van der Waals surface area contributed by atoms with Gasteiger partial charge in [-0.05, 0) is 36.9 Å². The quantitative estimate of drug-likeness (QED) is 0.860. The first-order chi connectivity index (χ1) is 10.4. The summed E-state index contributed by atoms with van der Waals surface area (Å²) in [4.78, 5) is 1.41. The molecule has 4 heteroatoms. The lowest BCUT2D eigenvalue weighted by Gasteiger charge is -2.22. The molecule has 1 fully saturated rings. The van der Waals surface area contributed by atoms with Crippen LogP contribution in [0.2, 0.25) is 0 Å². The molecule has 2 aromatic rings. The minimum atomic E-state index is 0.393. The van der Waals surface area contributed by atoms with Crippen LogP contribution >= 0.6 is 11.3 Å². The van der Waals surface area contributed by atoms with Crippen molar-refractivity contribution in [2.45, 2.75) is 57.5 Å². The molecular formula is C17H25N3S. The first kappa shape index (κ1) is 14.8. The molecule has 0 aromatic carbocycles. The van der Waals surface area contributed by atoms with Crippen molar-refractivity contribution in [3.05, 3.63) is 40.3 Å². The van der Waals surface area contributed by atoms with Crippen LogP contribution in [-0.2, 0) is 6.42 Å². The normalized spacial score (nSPS) is 18.0. The zero-order valence-electron chi connectivity index (χ0n) is 12.8. The number of nitrogens with one attached hydrogen (secondary N) is 1. The first-order valence-corrected chi connectivity index (χ1v) is 9.05. The summed E-state index contributed by atoms with van der Waals surface area (Å²) in [5.41, 5.74) is 1.21. The highest BCUT2D eigenvalue weighted by Crippen LogP contribution is 2.28. The molecule has 3 nitrogen and oxygen atoms in total. The van der Waals surface area contributed by atoms with Crippen LogP contribution in [0.15, 0.2) is 29.8 Å². The van der Waals surface area contributed by atoms with Crippen LogP contribution in [0.4, 0.5) is 0 Å². The van der Waals surface area contributed by atoms with Crippen molar-refractivity contribution in [3.8, 4) is 0 Å². The molecule has 1 aliphatic rings. The van der Waals surface area contributed by atoms with Crippen molar-refractivity contribution in [2.24, 2.45) is 0 Å². The molecule has 0 radical (unpaired) electrons. The summed E-state index contributed by atoms with van der Waals surface area (Å²) in [5.74, 6) is 0. The predicted molar refractivity (Wildman–Crippen MR) is 88.8 cm³/mol. The van der Waals surface area contributed by atoms with Crippen molar-refractivity contribution in [1.29, 1.82) is 0 Å². The van der Waals surface area contributed by atoms with Gasteiger partial charge in [-0.1, -0.05) is 32.3 Å². The molecule has 0 aliphatic heterocycles. The van der Waals surface area contributed by atoms with E-state index in [2.05, 4.69) is 46.7 Å². The van der Waals surface area contributed by atoms with Crippen LogP contribution in [0.1, 0.15) is 61.7 Å². The van der Waals surface area contributed by atoms with E-state index in [1.807, 2.05) is 11.3 Å². The van der Waals surface area contributed by atoms with Gasteiger partial charge in [0.1, 0.15) is 0 Å². The van der Waals surface area contributed by atoms with Crippen LogP contribution in [0, 0.1) is 0 Å². The molecule has 1 aliphatic carbocycles. The molecule has 2 aromatic heterocycles. The third kappa shape index (κ3) is 3.74. The molecule has 1 N–H and O–H groups in total. The van der Waals surface area contributed by atoms with E-state index in [1.165, 1.54) is 42.7 Å². The molecule has 1 atom stereocenters. The Labute approximate surface area is 131 Å². The summed E-state index contributed by atoms with van der Waals surface area (Å²) < 4.78 is 2.21. The summed E-state index contributed by atoms with van der Waals surface area (Å²) in [6.07, 6.45) is 9.86. The van der Waals surface area contributed by atoms with E-state index in [4.69, 9.17) is 5.10 Å². The number of likely N-dealkylation sites (N-methyl/N-ethyl adjacent to an activating group) is 1. The van der Waals surface area contributed by atoms with Crippen molar-refractivity contribution in [2.75, 3.05) is 6.54 Å². The van der Waals surface area contributed by atoms with E-state index < -0.39 is 0 Å². The van der Waals surface area contributed by atoms with Gasteiger partial charge in [-0.15, -0.1) is 11.3 Å². The van der Waals surface area contributed by atoms with Crippen molar-refractivity contribution in [3.63, 3.8) is 0 Å². The SMILES string of the molecule is CCNC(Cc1ccn(C2CCCCC2)n1)c1cccs1. The number of hydrogen-bond donors (Lipinski definition) is 1. The molecule has 21 heavy (non-hydrogen) atoms. The van der Waals surface area contributed by atoms with E-state index in [0.29, 0.717) is 12.1 Å². The molecule has 0 bridgehead atoms. The molecule has 0 amide bonds. The molecule has 114 valence electrons. The van der Waals surface area contributed by atoms with Gasteiger partial charge in [-0.3, -0.25) is 4.68 Å². The summed E-state index contributed by atoms with van der Waals surface area (Å²) in [6.45, 7) is 3.16. The first-order valence-electron chi connectivity index (χ1n) is 8.17. The van der Waals surface area contributed by atoms with Gasteiger partial charge in [0.25, 0.3) is 0 Å². The zero-order chi connectivity index (χ0) is 14.5. The molecule has 2 heterocycles. The highest BCUT2D eigenvalue weighted by Gasteiger charge is 2.18. The Morgan fingerprint density at radius 2 is 2.19 bits per heavy atom. The van der Waals surface area contributed by atoms with Crippen molar-refractivity contribution >= 4 is 11.3 Å². The molecular weight excluding hydrogens is 278 g/mol. The molecule has 1 saturated carbocycles. The monoisotopic (exact) mass is 303 g/mol. The Morgan fingerprint density at radius 1 is 1.33 bits per heavy atom. The highest BCUT2D eigenvalue weighted by atomic mass is 32.1. The fraction of sp³-hybridized carbons (Fsp3) is 0.588. The van der Waals surface area contributed by atoms with Crippen LogP contribution < -0.4 is 5.32 Å². The maximum Gasteiger partial charge on any atom is 0.0644 e. The summed E-state index contributed by atoms with van der Waals surface area (Å²) >= 11 is 1.83. The van der Waals surface area contributed by atoms with E-state index >= 15 is 0 Å². The standard InChI is InChI=1S/C17H25N3S/c1-2-18-16(17-9-6-12-21-17)13-14-10-11-20(19-14)15-7-4-3-5-8-15/h6,9-12,15-16,18H,2-5,7-8,13H2,1H3. The number of nitrogens with zero attached hydrogens (tertiary/aromatic N) is 2. The van der Waals surface area contributed by atoms with Crippen LogP contribution in [0.3, 0.4) is 0 Å². The smallest absolute Gasteiger partial charge is 0.0644 e. The van der Waals surface area contributed by atoms with E-state index in [-0.39, 0.29) is 0 Å². The topological polar surface area (TPSA) is 29.9 Å². The summed E-state index contributed by atoms with van der Waals surface area (Å²) in [7, 11) is 0. The van der Waals surface area contributed by atoms with Crippen LogP contribution in [0.5, 0.6) is 0 Å². The lowest BCUT2D eigenvalue weighted by Crippen LogP contribution is -2.22. The lowest BCUT2D eigenvalue weighted by molar-refractivity contribution is 0.327. The summed E-state index contributed by atoms with van der Waals surface area (Å²) in [5, 5.41) is 10.6. The third-order valence-corrected chi connectivity index (χ3v) is 5.35. The van der Waals surface area contributed by atoms with Crippen molar-refractivity contribution < 1.29 is 0 Å². The minimum Gasteiger partial charge on any atom is -0.309 e. The van der Waals surface area contributed by atoms with Gasteiger partial charge in [-0.25, -0.2) is 0 Å². The Bertz CT molecular complexity index is 526. The Hall–Kier alpha value is -1.13. The van der Waals surface area contributed by atoms with Gasteiger partial charge in [0.2, 0.25) is 0 Å². The molecule has 0 spiro atoms. The third-order valence-electron chi connectivity index (χ3n) is 4.36. The van der Waals surface area contributed by atoms with Crippen LogP contribution in [-0.4, -0.2) is 16.3 Å². The summed E-state index contributed by atoms with van der Waals surface area (Å²) in [6, 6.07) is 7.57. The van der Waals surface area contributed by atoms with Gasteiger partial charge in [-0.2, -0.15) is 5.10 Å². The Balaban J connectivity index is 1.67. The number of thiophene rings is 1. The van der Waals surface area contributed by atoms with E-state index in [1.54, 1.807) is 0 Å². The second-order valence-corrected chi connectivity index (χ2v) is 6.89. The maximum atomic E-state index is 4.85. The Morgan fingerprint density at radius 3 is 2.90 bits per heavy atom. The number of rotatable bonds is 6.